The third-order valence-corrected chi connectivity index (χ3v) is 4.16. The van der Waals surface area contributed by atoms with Crippen molar-refractivity contribution in [3.63, 3.8) is 0 Å². The SMILES string of the molecule is Cc1cc(C)c(C)c(C2CN(CCN)C(=O)N2)c1C. The minimum Gasteiger partial charge on any atom is -0.329 e. The predicted molar refractivity (Wildman–Crippen MR) is 77.3 cm³/mol. The average Bonchev–Trinajstić information content (AvgIpc) is 2.69. The first-order valence-electron chi connectivity index (χ1n) is 6.78. The highest BCUT2D eigenvalue weighted by Crippen LogP contribution is 2.30. The van der Waals surface area contributed by atoms with Gasteiger partial charge in [0.15, 0.2) is 0 Å². The van der Waals surface area contributed by atoms with Gasteiger partial charge in [-0.25, -0.2) is 4.79 Å². The number of nitrogens with zero attached hydrogens (tertiary/aromatic N) is 1. The van der Waals surface area contributed by atoms with Crippen LogP contribution in [0.2, 0.25) is 0 Å². The summed E-state index contributed by atoms with van der Waals surface area (Å²) >= 11 is 0. The molecular formula is C15H23N3O. The number of urea groups is 1. The van der Waals surface area contributed by atoms with Gasteiger partial charge in [0.25, 0.3) is 0 Å². The van der Waals surface area contributed by atoms with E-state index in [9.17, 15) is 4.79 Å². The number of amides is 2. The number of nitrogens with one attached hydrogen (secondary N) is 1. The Labute approximate surface area is 115 Å². The summed E-state index contributed by atoms with van der Waals surface area (Å²) in [6.07, 6.45) is 0. The Bertz CT molecular complexity index is 484. The molecule has 1 aliphatic heterocycles. The smallest absolute Gasteiger partial charge is 0.318 e. The third kappa shape index (κ3) is 2.45. The number of rotatable bonds is 3. The first-order chi connectivity index (χ1) is 8.95. The van der Waals surface area contributed by atoms with Crippen LogP contribution in [0, 0.1) is 27.7 Å². The molecule has 104 valence electrons. The van der Waals surface area contributed by atoms with Crippen LogP contribution in [-0.2, 0) is 0 Å². The molecule has 0 saturated carbocycles. The van der Waals surface area contributed by atoms with Gasteiger partial charge in [-0.15, -0.1) is 0 Å². The van der Waals surface area contributed by atoms with E-state index in [-0.39, 0.29) is 12.1 Å². The van der Waals surface area contributed by atoms with Crippen LogP contribution < -0.4 is 11.1 Å². The van der Waals surface area contributed by atoms with Gasteiger partial charge in [-0.1, -0.05) is 6.07 Å². The molecule has 0 radical (unpaired) electrons. The van der Waals surface area contributed by atoms with Crippen molar-refractivity contribution >= 4 is 6.03 Å². The zero-order valence-electron chi connectivity index (χ0n) is 12.2. The molecule has 3 N–H and O–H groups in total. The fourth-order valence-electron chi connectivity index (χ4n) is 2.87. The lowest BCUT2D eigenvalue weighted by molar-refractivity contribution is 0.218. The maximum absolute atomic E-state index is 11.9. The standard InChI is InChI=1S/C15H23N3O/c1-9-7-10(2)12(4)14(11(9)3)13-8-18(6-5-16)15(19)17-13/h7,13H,5-6,8,16H2,1-4H3,(H,17,19). The lowest BCUT2D eigenvalue weighted by Gasteiger charge is -2.20. The van der Waals surface area contributed by atoms with Crippen LogP contribution in [0.5, 0.6) is 0 Å². The van der Waals surface area contributed by atoms with Crippen LogP contribution in [0.1, 0.15) is 33.9 Å². The highest BCUT2D eigenvalue weighted by atomic mass is 16.2. The van der Waals surface area contributed by atoms with Crippen molar-refractivity contribution in [2.24, 2.45) is 5.73 Å². The number of aryl methyl sites for hydroxylation is 2. The molecule has 1 aliphatic rings. The summed E-state index contributed by atoms with van der Waals surface area (Å²) < 4.78 is 0. The van der Waals surface area contributed by atoms with Gasteiger partial charge < -0.3 is 16.0 Å². The van der Waals surface area contributed by atoms with E-state index >= 15 is 0 Å². The molecule has 1 saturated heterocycles. The monoisotopic (exact) mass is 261 g/mol. The summed E-state index contributed by atoms with van der Waals surface area (Å²) in [5.74, 6) is 0. The lowest BCUT2D eigenvalue weighted by atomic mass is 9.90. The van der Waals surface area contributed by atoms with Crippen molar-refractivity contribution in [1.29, 1.82) is 0 Å². The molecular weight excluding hydrogens is 238 g/mol. The minimum absolute atomic E-state index is 0.00610. The molecule has 2 rings (SSSR count). The summed E-state index contributed by atoms with van der Waals surface area (Å²) in [6, 6.07) is 2.29. The van der Waals surface area contributed by atoms with Gasteiger partial charge in [-0.3, -0.25) is 0 Å². The summed E-state index contributed by atoms with van der Waals surface area (Å²) in [5.41, 5.74) is 11.9. The Balaban J connectivity index is 2.36. The second kappa shape index (κ2) is 5.21. The van der Waals surface area contributed by atoms with E-state index in [2.05, 4.69) is 39.1 Å². The van der Waals surface area contributed by atoms with Gasteiger partial charge >= 0.3 is 6.03 Å². The van der Waals surface area contributed by atoms with E-state index in [1.54, 1.807) is 4.90 Å². The van der Waals surface area contributed by atoms with Crippen LogP contribution >= 0.6 is 0 Å². The van der Waals surface area contributed by atoms with Crippen molar-refractivity contribution < 1.29 is 4.79 Å². The van der Waals surface area contributed by atoms with E-state index in [0.29, 0.717) is 19.6 Å². The van der Waals surface area contributed by atoms with Gasteiger partial charge in [-0.05, 0) is 55.5 Å². The molecule has 1 fully saturated rings. The quantitative estimate of drug-likeness (QED) is 0.873. The maximum atomic E-state index is 11.9. The average molecular weight is 261 g/mol. The molecule has 1 aromatic carbocycles. The lowest BCUT2D eigenvalue weighted by Crippen LogP contribution is -2.32. The summed E-state index contributed by atoms with van der Waals surface area (Å²) in [4.78, 5) is 13.7. The largest absolute Gasteiger partial charge is 0.329 e. The van der Waals surface area contributed by atoms with Gasteiger partial charge in [0.1, 0.15) is 0 Å². The van der Waals surface area contributed by atoms with Crippen LogP contribution in [0.25, 0.3) is 0 Å². The number of hydrogen-bond acceptors (Lipinski definition) is 2. The number of carbonyl (C=O) groups excluding carboxylic acids is 1. The third-order valence-electron chi connectivity index (χ3n) is 4.16. The first kappa shape index (κ1) is 13.9. The highest BCUT2D eigenvalue weighted by molar-refractivity contribution is 5.77. The van der Waals surface area contributed by atoms with Crippen molar-refractivity contribution in [3.05, 3.63) is 33.9 Å². The van der Waals surface area contributed by atoms with Gasteiger partial charge in [0.2, 0.25) is 0 Å². The van der Waals surface area contributed by atoms with Crippen LogP contribution in [0.15, 0.2) is 6.07 Å². The van der Waals surface area contributed by atoms with Crippen molar-refractivity contribution in [2.75, 3.05) is 19.6 Å². The van der Waals surface area contributed by atoms with E-state index in [1.807, 2.05) is 0 Å². The Morgan fingerprint density at radius 2 is 1.84 bits per heavy atom. The second-order valence-electron chi connectivity index (χ2n) is 5.41. The fourth-order valence-corrected chi connectivity index (χ4v) is 2.87. The van der Waals surface area contributed by atoms with Crippen LogP contribution in [-0.4, -0.2) is 30.6 Å². The topological polar surface area (TPSA) is 58.4 Å². The normalized spacial score (nSPS) is 18.9. The second-order valence-corrected chi connectivity index (χ2v) is 5.41. The number of benzene rings is 1. The molecule has 0 aliphatic carbocycles. The molecule has 0 aromatic heterocycles. The molecule has 0 spiro atoms. The summed E-state index contributed by atoms with van der Waals surface area (Å²) in [7, 11) is 0. The van der Waals surface area contributed by atoms with Crippen LogP contribution in [0.4, 0.5) is 4.79 Å². The number of hydrogen-bond donors (Lipinski definition) is 2. The first-order valence-corrected chi connectivity index (χ1v) is 6.78. The van der Waals surface area contributed by atoms with Crippen LogP contribution in [0.3, 0.4) is 0 Å². The van der Waals surface area contributed by atoms with Crippen molar-refractivity contribution in [1.82, 2.24) is 10.2 Å². The Morgan fingerprint density at radius 1 is 1.26 bits per heavy atom. The molecule has 2 amide bonds. The molecule has 1 aromatic rings. The molecule has 0 bridgehead atoms. The summed E-state index contributed by atoms with van der Waals surface area (Å²) in [5, 5.41) is 3.07. The minimum atomic E-state index is -0.00610. The number of carbonyl (C=O) groups is 1. The van der Waals surface area contributed by atoms with E-state index < -0.39 is 0 Å². The van der Waals surface area contributed by atoms with Crippen molar-refractivity contribution in [3.8, 4) is 0 Å². The molecule has 4 heteroatoms. The zero-order valence-corrected chi connectivity index (χ0v) is 12.2. The molecule has 1 atom stereocenters. The fraction of sp³-hybridized carbons (Fsp3) is 0.533. The predicted octanol–water partition coefficient (Wildman–Crippen LogP) is 1.95. The molecule has 1 heterocycles. The van der Waals surface area contributed by atoms with Gasteiger partial charge in [0, 0.05) is 19.6 Å². The maximum Gasteiger partial charge on any atom is 0.318 e. The van der Waals surface area contributed by atoms with Gasteiger partial charge in [0.05, 0.1) is 6.04 Å². The Morgan fingerprint density at radius 3 is 2.37 bits per heavy atom. The van der Waals surface area contributed by atoms with Crippen molar-refractivity contribution in [2.45, 2.75) is 33.7 Å². The molecule has 4 nitrogen and oxygen atoms in total. The van der Waals surface area contributed by atoms with E-state index in [0.717, 1.165) is 0 Å². The summed E-state index contributed by atoms with van der Waals surface area (Å²) in [6.45, 7) is 10.3. The Hall–Kier alpha value is -1.55. The zero-order chi connectivity index (χ0) is 14.2. The van der Waals surface area contributed by atoms with E-state index in [4.69, 9.17) is 5.73 Å². The number of nitrogens with two attached hydrogens (primary N) is 1. The highest BCUT2D eigenvalue weighted by Gasteiger charge is 2.31. The van der Waals surface area contributed by atoms with E-state index in [1.165, 1.54) is 27.8 Å². The van der Waals surface area contributed by atoms with Gasteiger partial charge in [-0.2, -0.15) is 0 Å². The molecule has 19 heavy (non-hydrogen) atoms. The molecule has 1 unspecified atom stereocenters. The Kier molecular flexibility index (Phi) is 3.80.